The first kappa shape index (κ1) is 16.4. The Morgan fingerprint density at radius 1 is 1.38 bits per heavy atom. The van der Waals surface area contributed by atoms with E-state index in [1.54, 1.807) is 28.6 Å². The normalized spacial score (nSPS) is 15.6. The third-order valence-corrected chi connectivity index (χ3v) is 5.85. The van der Waals surface area contributed by atoms with Crippen LogP contribution >= 0.6 is 12.2 Å². The van der Waals surface area contributed by atoms with Gasteiger partial charge < -0.3 is 5.73 Å². The molecule has 21 heavy (non-hydrogen) atoms. The maximum absolute atomic E-state index is 13.0. The summed E-state index contributed by atoms with van der Waals surface area (Å²) in [7, 11) is -3.54. The average molecular weight is 326 g/mol. The molecule has 0 unspecified atom stereocenters. The second-order valence-electron chi connectivity index (χ2n) is 5.89. The molecule has 0 aromatic heterocycles. The molecule has 6 heteroatoms. The van der Waals surface area contributed by atoms with Gasteiger partial charge in [0.25, 0.3) is 0 Å². The van der Waals surface area contributed by atoms with Crippen molar-refractivity contribution < 1.29 is 8.42 Å². The number of benzene rings is 1. The van der Waals surface area contributed by atoms with E-state index < -0.39 is 10.0 Å². The van der Waals surface area contributed by atoms with Crippen LogP contribution in [-0.2, 0) is 10.0 Å². The molecule has 4 nitrogen and oxygen atoms in total. The van der Waals surface area contributed by atoms with Crippen molar-refractivity contribution in [2.24, 2.45) is 11.7 Å². The molecular formula is C15H22N2O2S2. The Morgan fingerprint density at radius 2 is 2.00 bits per heavy atom. The van der Waals surface area contributed by atoms with E-state index in [1.807, 2.05) is 0 Å². The highest BCUT2D eigenvalue weighted by Crippen LogP contribution is 2.33. The van der Waals surface area contributed by atoms with Crippen molar-refractivity contribution in [2.75, 3.05) is 6.54 Å². The van der Waals surface area contributed by atoms with E-state index in [-0.39, 0.29) is 15.9 Å². The van der Waals surface area contributed by atoms with E-state index in [0.29, 0.717) is 18.0 Å². The molecule has 2 N–H and O–H groups in total. The summed E-state index contributed by atoms with van der Waals surface area (Å²) in [6, 6.07) is 6.86. The smallest absolute Gasteiger partial charge is 0.244 e. The Bertz CT molecular complexity index is 622. The topological polar surface area (TPSA) is 63.4 Å². The number of sulfonamides is 1. The summed E-state index contributed by atoms with van der Waals surface area (Å²) < 4.78 is 27.6. The van der Waals surface area contributed by atoms with Crippen molar-refractivity contribution in [2.45, 2.75) is 44.0 Å². The van der Waals surface area contributed by atoms with Gasteiger partial charge in [0.15, 0.2) is 0 Å². The predicted molar refractivity (Wildman–Crippen MR) is 88.7 cm³/mol. The maximum Gasteiger partial charge on any atom is 0.244 e. The van der Waals surface area contributed by atoms with Crippen LogP contribution in [0.1, 0.15) is 38.7 Å². The zero-order valence-electron chi connectivity index (χ0n) is 12.5. The van der Waals surface area contributed by atoms with E-state index in [9.17, 15) is 8.42 Å². The number of nitrogens with two attached hydrogens (primary N) is 1. The molecule has 116 valence electrons. The Hall–Kier alpha value is -0.980. The summed E-state index contributed by atoms with van der Waals surface area (Å²) in [5, 5.41) is 0. The fourth-order valence-corrected chi connectivity index (χ4v) is 4.42. The minimum Gasteiger partial charge on any atom is -0.389 e. The van der Waals surface area contributed by atoms with E-state index in [0.717, 1.165) is 19.3 Å². The molecule has 0 radical (unpaired) electrons. The van der Waals surface area contributed by atoms with Crippen LogP contribution in [0.5, 0.6) is 0 Å². The predicted octanol–water partition coefficient (Wildman–Crippen LogP) is 2.52. The van der Waals surface area contributed by atoms with Crippen LogP contribution in [0.25, 0.3) is 0 Å². The summed E-state index contributed by atoms with van der Waals surface area (Å²) in [6.45, 7) is 4.75. The zero-order valence-corrected chi connectivity index (χ0v) is 14.1. The molecule has 1 aromatic carbocycles. The number of hydrogen-bond donors (Lipinski definition) is 1. The quantitative estimate of drug-likeness (QED) is 0.782. The summed E-state index contributed by atoms with van der Waals surface area (Å²) in [5.41, 5.74) is 6.11. The van der Waals surface area contributed by atoms with Gasteiger partial charge in [0.1, 0.15) is 4.99 Å². The van der Waals surface area contributed by atoms with E-state index in [2.05, 4.69) is 13.8 Å². The van der Waals surface area contributed by atoms with Gasteiger partial charge in [-0.2, -0.15) is 4.31 Å². The number of rotatable bonds is 7. The lowest BCUT2D eigenvalue weighted by Crippen LogP contribution is -2.35. The van der Waals surface area contributed by atoms with Gasteiger partial charge in [-0.25, -0.2) is 8.42 Å². The Balaban J connectivity index is 2.37. The molecule has 1 saturated carbocycles. The summed E-state index contributed by atoms with van der Waals surface area (Å²) in [6.07, 6.45) is 2.73. The fourth-order valence-electron chi connectivity index (χ4n) is 2.27. The Labute approximate surface area is 132 Å². The van der Waals surface area contributed by atoms with Crippen LogP contribution in [0.15, 0.2) is 29.2 Å². The second kappa shape index (κ2) is 6.42. The molecule has 0 atom stereocenters. The van der Waals surface area contributed by atoms with Crippen LogP contribution in [0.2, 0.25) is 0 Å². The summed E-state index contributed by atoms with van der Waals surface area (Å²) in [4.78, 5) is 0.349. The van der Waals surface area contributed by atoms with Crippen molar-refractivity contribution >= 4 is 27.2 Å². The molecule has 0 bridgehead atoms. The van der Waals surface area contributed by atoms with Crippen LogP contribution in [-0.4, -0.2) is 30.3 Å². The second-order valence-corrected chi connectivity index (χ2v) is 8.19. The zero-order chi connectivity index (χ0) is 15.6. The third kappa shape index (κ3) is 3.81. The fraction of sp³-hybridized carbons (Fsp3) is 0.533. The largest absolute Gasteiger partial charge is 0.389 e. The minimum absolute atomic E-state index is 0.119. The number of thiocarbonyl (C=S) groups is 1. The number of hydrogen-bond acceptors (Lipinski definition) is 3. The molecule has 1 fully saturated rings. The molecular weight excluding hydrogens is 304 g/mol. The minimum atomic E-state index is -3.54. The molecule has 1 aromatic rings. The lowest BCUT2D eigenvalue weighted by atomic mass is 10.1. The standard InChI is InChI=1S/C15H22N2O2S2/c1-11(2)9-10-17(12-7-8-12)21(18,19)14-6-4-3-5-13(14)15(16)20/h3-6,11-12H,7-10H2,1-2H3,(H2,16,20). The van der Waals surface area contributed by atoms with Crippen molar-refractivity contribution in [3.05, 3.63) is 29.8 Å². The van der Waals surface area contributed by atoms with Gasteiger partial charge in [0.2, 0.25) is 10.0 Å². The highest BCUT2D eigenvalue weighted by Gasteiger charge is 2.38. The van der Waals surface area contributed by atoms with Gasteiger partial charge >= 0.3 is 0 Å². The van der Waals surface area contributed by atoms with Crippen molar-refractivity contribution in [3.8, 4) is 0 Å². The summed E-state index contributed by atoms with van der Waals surface area (Å²) in [5.74, 6) is 0.465. The van der Waals surface area contributed by atoms with Crippen molar-refractivity contribution in [3.63, 3.8) is 0 Å². The van der Waals surface area contributed by atoms with Crippen LogP contribution < -0.4 is 5.73 Å². The first-order valence-corrected chi connectivity index (χ1v) is 9.09. The van der Waals surface area contributed by atoms with Gasteiger partial charge in [-0.1, -0.05) is 44.3 Å². The van der Waals surface area contributed by atoms with E-state index in [1.165, 1.54) is 0 Å². The van der Waals surface area contributed by atoms with E-state index >= 15 is 0 Å². The van der Waals surface area contributed by atoms with Crippen molar-refractivity contribution in [1.82, 2.24) is 4.31 Å². The molecule has 0 spiro atoms. The monoisotopic (exact) mass is 326 g/mol. The third-order valence-electron chi connectivity index (χ3n) is 3.62. The highest BCUT2D eigenvalue weighted by atomic mass is 32.2. The number of nitrogens with zero attached hydrogens (tertiary/aromatic N) is 1. The van der Waals surface area contributed by atoms with Crippen LogP contribution in [0.4, 0.5) is 0 Å². The van der Waals surface area contributed by atoms with Gasteiger partial charge in [0.05, 0.1) is 4.90 Å². The SMILES string of the molecule is CC(C)CCN(C1CC1)S(=O)(=O)c1ccccc1C(N)=S. The Kier molecular flexibility index (Phi) is 5.01. The van der Waals surface area contributed by atoms with Gasteiger partial charge in [0, 0.05) is 18.2 Å². The molecule has 0 saturated heterocycles. The molecule has 1 aliphatic carbocycles. The average Bonchev–Trinajstić information content (AvgIpc) is 3.23. The molecule has 2 rings (SSSR count). The maximum atomic E-state index is 13.0. The van der Waals surface area contributed by atoms with Gasteiger partial charge in [-0.3, -0.25) is 0 Å². The lowest BCUT2D eigenvalue weighted by Gasteiger charge is -2.24. The molecule has 0 heterocycles. The molecule has 0 amide bonds. The summed E-state index contributed by atoms with van der Waals surface area (Å²) >= 11 is 4.99. The molecule has 1 aliphatic rings. The van der Waals surface area contributed by atoms with Gasteiger partial charge in [-0.15, -0.1) is 0 Å². The first-order valence-electron chi connectivity index (χ1n) is 7.24. The first-order chi connectivity index (χ1) is 9.84. The highest BCUT2D eigenvalue weighted by molar-refractivity contribution is 7.89. The Morgan fingerprint density at radius 3 is 2.52 bits per heavy atom. The lowest BCUT2D eigenvalue weighted by molar-refractivity contribution is 0.373. The van der Waals surface area contributed by atoms with E-state index in [4.69, 9.17) is 18.0 Å². The van der Waals surface area contributed by atoms with Crippen LogP contribution in [0.3, 0.4) is 0 Å². The van der Waals surface area contributed by atoms with Crippen LogP contribution in [0, 0.1) is 5.92 Å². The molecule has 0 aliphatic heterocycles. The van der Waals surface area contributed by atoms with Crippen molar-refractivity contribution in [1.29, 1.82) is 0 Å². The van der Waals surface area contributed by atoms with Gasteiger partial charge in [-0.05, 0) is 31.2 Å².